The molecule has 0 aliphatic heterocycles. The minimum Gasteiger partial charge on any atom is -0.392 e. The van der Waals surface area contributed by atoms with Crippen LogP contribution < -0.4 is 0 Å². The van der Waals surface area contributed by atoms with Crippen molar-refractivity contribution in [2.45, 2.75) is 25.4 Å². The standard InChI is InChI=1S/C18H16N2O/c21-11-15-5-6-19-10-17(15)14-4-3-13-8-18(12-1-2-12)20-9-16(13)7-14/h3-10,12,21H,1-2,11H2. The molecule has 1 saturated carbocycles. The SMILES string of the molecule is OCc1ccncc1-c1ccc2cc(C3CC3)ncc2c1. The number of aromatic nitrogens is 2. The minimum absolute atomic E-state index is 0.0226. The molecule has 104 valence electrons. The lowest BCUT2D eigenvalue weighted by atomic mass is 9.99. The lowest BCUT2D eigenvalue weighted by Gasteiger charge is -2.08. The van der Waals surface area contributed by atoms with Crippen LogP contribution in [0.3, 0.4) is 0 Å². The Kier molecular flexibility index (Phi) is 2.93. The first-order valence-corrected chi connectivity index (χ1v) is 7.29. The van der Waals surface area contributed by atoms with Crippen LogP contribution in [-0.2, 0) is 6.61 Å². The van der Waals surface area contributed by atoms with Crippen molar-refractivity contribution in [1.29, 1.82) is 0 Å². The second-order valence-corrected chi connectivity index (χ2v) is 5.64. The maximum atomic E-state index is 9.46. The first-order valence-electron chi connectivity index (χ1n) is 7.29. The Morgan fingerprint density at radius 2 is 1.95 bits per heavy atom. The Morgan fingerprint density at radius 3 is 2.76 bits per heavy atom. The van der Waals surface area contributed by atoms with Crippen LogP contribution in [0.2, 0.25) is 0 Å². The highest BCUT2D eigenvalue weighted by atomic mass is 16.3. The van der Waals surface area contributed by atoms with E-state index >= 15 is 0 Å². The van der Waals surface area contributed by atoms with Gasteiger partial charge in [-0.05, 0) is 47.6 Å². The van der Waals surface area contributed by atoms with Gasteiger partial charge in [0.25, 0.3) is 0 Å². The molecule has 1 aromatic carbocycles. The largest absolute Gasteiger partial charge is 0.392 e. The predicted molar refractivity (Wildman–Crippen MR) is 82.9 cm³/mol. The molecule has 1 aliphatic carbocycles. The fourth-order valence-electron chi connectivity index (χ4n) is 2.75. The van der Waals surface area contributed by atoms with Crippen molar-refractivity contribution in [2.24, 2.45) is 0 Å². The van der Waals surface area contributed by atoms with Crippen LogP contribution in [-0.4, -0.2) is 15.1 Å². The Hall–Kier alpha value is -2.26. The highest BCUT2D eigenvalue weighted by Gasteiger charge is 2.24. The Bertz CT molecular complexity index is 809. The first-order chi connectivity index (χ1) is 10.3. The molecule has 1 N–H and O–H groups in total. The molecule has 0 amide bonds. The monoisotopic (exact) mass is 276 g/mol. The molecule has 0 saturated heterocycles. The van der Waals surface area contributed by atoms with Gasteiger partial charge in [-0.2, -0.15) is 0 Å². The third kappa shape index (κ3) is 2.30. The Balaban J connectivity index is 1.81. The summed E-state index contributed by atoms with van der Waals surface area (Å²) in [6.07, 6.45) is 8.01. The third-order valence-electron chi connectivity index (χ3n) is 4.13. The van der Waals surface area contributed by atoms with E-state index in [1.807, 2.05) is 12.3 Å². The molecule has 1 aliphatic rings. The fourth-order valence-corrected chi connectivity index (χ4v) is 2.75. The van der Waals surface area contributed by atoms with Crippen LogP contribution in [0.5, 0.6) is 0 Å². The molecule has 1 fully saturated rings. The van der Waals surface area contributed by atoms with E-state index in [0.717, 1.165) is 22.1 Å². The topological polar surface area (TPSA) is 46.0 Å². The summed E-state index contributed by atoms with van der Waals surface area (Å²) in [5.41, 5.74) is 4.16. The van der Waals surface area contributed by atoms with Crippen LogP contribution in [0.4, 0.5) is 0 Å². The van der Waals surface area contributed by atoms with Gasteiger partial charge in [-0.3, -0.25) is 9.97 Å². The van der Waals surface area contributed by atoms with Crippen molar-refractivity contribution >= 4 is 10.8 Å². The van der Waals surface area contributed by atoms with E-state index < -0.39 is 0 Å². The number of rotatable bonds is 3. The number of fused-ring (bicyclic) bond motifs is 1. The van der Waals surface area contributed by atoms with Gasteiger partial charge in [0, 0.05) is 41.2 Å². The lowest BCUT2D eigenvalue weighted by molar-refractivity contribution is 0.282. The third-order valence-corrected chi connectivity index (χ3v) is 4.13. The predicted octanol–water partition coefficient (Wildman–Crippen LogP) is 3.67. The second kappa shape index (κ2) is 4.93. The molecule has 0 unspecified atom stereocenters. The van der Waals surface area contributed by atoms with Gasteiger partial charge in [0.1, 0.15) is 0 Å². The number of hydrogen-bond acceptors (Lipinski definition) is 3. The highest BCUT2D eigenvalue weighted by Crippen LogP contribution is 2.39. The second-order valence-electron chi connectivity index (χ2n) is 5.64. The van der Waals surface area contributed by atoms with E-state index in [-0.39, 0.29) is 6.61 Å². The average molecular weight is 276 g/mol. The molecule has 0 atom stereocenters. The molecule has 21 heavy (non-hydrogen) atoms. The van der Waals surface area contributed by atoms with E-state index in [1.54, 1.807) is 12.4 Å². The number of hydrogen-bond donors (Lipinski definition) is 1. The van der Waals surface area contributed by atoms with Crippen molar-refractivity contribution in [3.05, 3.63) is 60.2 Å². The van der Waals surface area contributed by atoms with Crippen LogP contribution in [0, 0.1) is 0 Å². The summed E-state index contributed by atoms with van der Waals surface area (Å²) in [5.74, 6) is 0.674. The van der Waals surface area contributed by atoms with E-state index in [9.17, 15) is 5.11 Å². The summed E-state index contributed by atoms with van der Waals surface area (Å²) in [5, 5.41) is 11.8. The van der Waals surface area contributed by atoms with Crippen LogP contribution in [0.15, 0.2) is 48.9 Å². The summed E-state index contributed by atoms with van der Waals surface area (Å²) in [4.78, 5) is 8.75. The minimum atomic E-state index is 0.0226. The van der Waals surface area contributed by atoms with Gasteiger partial charge in [0.2, 0.25) is 0 Å². The van der Waals surface area contributed by atoms with E-state index in [4.69, 9.17) is 0 Å². The summed E-state index contributed by atoms with van der Waals surface area (Å²) in [7, 11) is 0. The molecule has 2 heterocycles. The Labute approximate surface area is 123 Å². The summed E-state index contributed by atoms with van der Waals surface area (Å²) >= 11 is 0. The van der Waals surface area contributed by atoms with Gasteiger partial charge in [0.05, 0.1) is 6.61 Å². The zero-order chi connectivity index (χ0) is 14.2. The average Bonchev–Trinajstić information content (AvgIpc) is 3.39. The summed E-state index contributed by atoms with van der Waals surface area (Å²) in [6.45, 7) is 0.0226. The van der Waals surface area contributed by atoms with Gasteiger partial charge >= 0.3 is 0 Å². The lowest BCUT2D eigenvalue weighted by Crippen LogP contribution is -1.91. The fraction of sp³-hybridized carbons (Fsp3) is 0.222. The number of benzene rings is 1. The zero-order valence-electron chi connectivity index (χ0n) is 11.7. The maximum Gasteiger partial charge on any atom is 0.0689 e. The number of aliphatic hydroxyl groups is 1. The molecule has 3 heteroatoms. The molecular formula is C18H16N2O. The van der Waals surface area contributed by atoms with E-state index in [2.05, 4.69) is 34.2 Å². The van der Waals surface area contributed by atoms with Crippen LogP contribution in [0.1, 0.15) is 30.0 Å². The van der Waals surface area contributed by atoms with Crippen molar-refractivity contribution in [3.8, 4) is 11.1 Å². The molecule has 0 spiro atoms. The normalized spacial score (nSPS) is 14.5. The van der Waals surface area contributed by atoms with Crippen LogP contribution in [0.25, 0.3) is 21.9 Å². The number of pyridine rings is 2. The van der Waals surface area contributed by atoms with Gasteiger partial charge in [0.15, 0.2) is 0 Å². The molecule has 0 radical (unpaired) electrons. The molecule has 0 bridgehead atoms. The smallest absolute Gasteiger partial charge is 0.0689 e. The van der Waals surface area contributed by atoms with Crippen molar-refractivity contribution in [2.75, 3.05) is 0 Å². The zero-order valence-corrected chi connectivity index (χ0v) is 11.7. The van der Waals surface area contributed by atoms with Crippen molar-refractivity contribution < 1.29 is 5.11 Å². The van der Waals surface area contributed by atoms with Crippen molar-refractivity contribution in [1.82, 2.24) is 9.97 Å². The molecule has 3 aromatic rings. The maximum absolute atomic E-state index is 9.46. The summed E-state index contributed by atoms with van der Waals surface area (Å²) < 4.78 is 0. The number of nitrogens with zero attached hydrogens (tertiary/aromatic N) is 2. The quantitative estimate of drug-likeness (QED) is 0.794. The highest BCUT2D eigenvalue weighted by molar-refractivity contribution is 5.87. The van der Waals surface area contributed by atoms with Gasteiger partial charge in [-0.15, -0.1) is 0 Å². The molecule has 2 aromatic heterocycles. The summed E-state index contributed by atoms with van der Waals surface area (Å²) in [6, 6.07) is 10.4. The molecular weight excluding hydrogens is 260 g/mol. The van der Waals surface area contributed by atoms with Crippen LogP contribution >= 0.6 is 0 Å². The molecule has 4 rings (SSSR count). The first kappa shape index (κ1) is 12.5. The van der Waals surface area contributed by atoms with Gasteiger partial charge in [-0.1, -0.05) is 12.1 Å². The Morgan fingerprint density at radius 1 is 1.05 bits per heavy atom. The number of aliphatic hydroxyl groups excluding tert-OH is 1. The van der Waals surface area contributed by atoms with E-state index in [0.29, 0.717) is 5.92 Å². The van der Waals surface area contributed by atoms with E-state index in [1.165, 1.54) is 23.9 Å². The molecule has 3 nitrogen and oxygen atoms in total. The van der Waals surface area contributed by atoms with Gasteiger partial charge < -0.3 is 5.11 Å². The van der Waals surface area contributed by atoms with Gasteiger partial charge in [-0.25, -0.2) is 0 Å². The van der Waals surface area contributed by atoms with Crippen molar-refractivity contribution in [3.63, 3.8) is 0 Å².